The molecule has 0 fully saturated rings. The van der Waals surface area contributed by atoms with Gasteiger partial charge in [-0.15, -0.1) is 11.3 Å². The molecule has 0 aliphatic carbocycles. The van der Waals surface area contributed by atoms with E-state index in [4.69, 9.17) is 34.8 Å². The van der Waals surface area contributed by atoms with Crippen molar-refractivity contribution in [3.05, 3.63) is 68.5 Å². The van der Waals surface area contributed by atoms with Gasteiger partial charge in [-0.05, 0) is 30.3 Å². The fraction of sp³-hybridized carbons (Fsp3) is 0.105. The van der Waals surface area contributed by atoms with E-state index in [1.165, 1.54) is 11.3 Å². The molecule has 0 unspecified atom stereocenters. The van der Waals surface area contributed by atoms with Crippen LogP contribution in [-0.2, 0) is 4.79 Å². The molecular formula is C19H14Cl3N3O2S. The highest BCUT2D eigenvalue weighted by Crippen LogP contribution is 2.32. The van der Waals surface area contributed by atoms with Crippen LogP contribution in [0, 0.1) is 0 Å². The van der Waals surface area contributed by atoms with E-state index in [0.29, 0.717) is 31.5 Å². The lowest BCUT2D eigenvalue weighted by Crippen LogP contribution is -2.27. The molecule has 0 atom stereocenters. The average Bonchev–Trinajstić information content (AvgIpc) is 3.10. The van der Waals surface area contributed by atoms with Crippen LogP contribution in [0.3, 0.4) is 0 Å². The zero-order valence-electron chi connectivity index (χ0n) is 14.3. The largest absolute Gasteiger partial charge is 0.351 e. The zero-order chi connectivity index (χ0) is 20.1. The Morgan fingerprint density at radius 3 is 2.57 bits per heavy atom. The van der Waals surface area contributed by atoms with E-state index in [1.54, 1.807) is 47.8 Å². The second-order valence-electron chi connectivity index (χ2n) is 5.70. The Morgan fingerprint density at radius 2 is 1.82 bits per heavy atom. The SMILES string of the molecule is O=C(CCNC(=O)c1ccccc1Cl)Nc1nc(-c2ccc(Cl)cc2Cl)cs1. The molecule has 5 nitrogen and oxygen atoms in total. The highest BCUT2D eigenvalue weighted by Gasteiger charge is 2.12. The summed E-state index contributed by atoms with van der Waals surface area (Å²) in [7, 11) is 0. The molecule has 0 spiro atoms. The van der Waals surface area contributed by atoms with Crippen molar-refractivity contribution in [1.82, 2.24) is 10.3 Å². The number of rotatable bonds is 6. The fourth-order valence-corrected chi connectivity index (χ4v) is 3.82. The first-order valence-corrected chi connectivity index (χ1v) is 10.2. The Balaban J connectivity index is 1.52. The Kier molecular flexibility index (Phi) is 6.91. The molecule has 3 rings (SSSR count). The second-order valence-corrected chi connectivity index (χ2v) is 7.80. The third-order valence-corrected chi connectivity index (χ3v) is 5.35. The molecule has 2 aromatic carbocycles. The van der Waals surface area contributed by atoms with Crippen molar-refractivity contribution in [2.24, 2.45) is 0 Å². The van der Waals surface area contributed by atoms with Crippen molar-refractivity contribution >= 4 is 63.1 Å². The van der Waals surface area contributed by atoms with Crippen LogP contribution in [0.4, 0.5) is 5.13 Å². The summed E-state index contributed by atoms with van der Waals surface area (Å²) in [6.07, 6.45) is 0.104. The molecular weight excluding hydrogens is 441 g/mol. The molecule has 0 bridgehead atoms. The van der Waals surface area contributed by atoms with Crippen molar-refractivity contribution < 1.29 is 9.59 Å². The summed E-state index contributed by atoms with van der Waals surface area (Å²) in [5.74, 6) is -0.588. The summed E-state index contributed by atoms with van der Waals surface area (Å²) in [5, 5.41) is 9.01. The van der Waals surface area contributed by atoms with Gasteiger partial charge in [0.1, 0.15) is 0 Å². The van der Waals surface area contributed by atoms with Crippen LogP contribution in [0.15, 0.2) is 47.8 Å². The van der Waals surface area contributed by atoms with E-state index < -0.39 is 0 Å². The van der Waals surface area contributed by atoms with Gasteiger partial charge < -0.3 is 10.6 Å². The summed E-state index contributed by atoms with van der Waals surface area (Å²) in [6.45, 7) is 0.178. The summed E-state index contributed by atoms with van der Waals surface area (Å²) in [5.41, 5.74) is 1.75. The second kappa shape index (κ2) is 9.39. The van der Waals surface area contributed by atoms with Gasteiger partial charge in [-0.3, -0.25) is 9.59 Å². The van der Waals surface area contributed by atoms with Gasteiger partial charge in [-0.2, -0.15) is 0 Å². The number of thiazole rings is 1. The summed E-state index contributed by atoms with van der Waals surface area (Å²) >= 11 is 19.3. The molecule has 1 heterocycles. The number of carbonyl (C=O) groups excluding carboxylic acids is 2. The molecule has 0 saturated heterocycles. The third kappa shape index (κ3) is 5.23. The maximum absolute atomic E-state index is 12.1. The van der Waals surface area contributed by atoms with Crippen LogP contribution in [0.2, 0.25) is 15.1 Å². The number of benzene rings is 2. The Bertz CT molecular complexity index is 1020. The van der Waals surface area contributed by atoms with Gasteiger partial charge >= 0.3 is 0 Å². The maximum atomic E-state index is 12.1. The molecule has 0 aliphatic rings. The Hall–Kier alpha value is -2.12. The number of halogens is 3. The normalized spacial score (nSPS) is 10.5. The average molecular weight is 455 g/mol. The Labute approximate surface area is 180 Å². The molecule has 0 radical (unpaired) electrons. The van der Waals surface area contributed by atoms with Gasteiger partial charge in [0.2, 0.25) is 5.91 Å². The molecule has 144 valence electrons. The third-order valence-electron chi connectivity index (χ3n) is 3.71. The van der Waals surface area contributed by atoms with Gasteiger partial charge in [0, 0.05) is 28.9 Å². The first kappa shape index (κ1) is 20.6. The van der Waals surface area contributed by atoms with Crippen molar-refractivity contribution in [3.63, 3.8) is 0 Å². The molecule has 0 saturated carbocycles. The van der Waals surface area contributed by atoms with Crippen LogP contribution in [-0.4, -0.2) is 23.3 Å². The number of nitrogens with one attached hydrogen (secondary N) is 2. The topological polar surface area (TPSA) is 71.1 Å². The molecule has 2 amide bonds. The highest BCUT2D eigenvalue weighted by atomic mass is 35.5. The molecule has 28 heavy (non-hydrogen) atoms. The predicted octanol–water partition coefficient (Wildman–Crippen LogP) is 5.53. The number of carbonyl (C=O) groups is 2. The summed E-state index contributed by atoms with van der Waals surface area (Å²) in [4.78, 5) is 28.5. The summed E-state index contributed by atoms with van der Waals surface area (Å²) in [6, 6.07) is 11.9. The smallest absolute Gasteiger partial charge is 0.252 e. The van der Waals surface area contributed by atoms with Gasteiger partial charge in [-0.1, -0.05) is 46.9 Å². The van der Waals surface area contributed by atoms with Crippen molar-refractivity contribution in [3.8, 4) is 11.3 Å². The van der Waals surface area contributed by atoms with Gasteiger partial charge in [-0.25, -0.2) is 4.98 Å². The lowest BCUT2D eigenvalue weighted by molar-refractivity contribution is -0.116. The standard InChI is InChI=1S/C19H14Cl3N3O2S/c20-11-5-6-12(15(22)9-11)16-10-28-19(24-16)25-17(26)7-8-23-18(27)13-3-1-2-4-14(13)21/h1-6,9-10H,7-8H2,(H,23,27)(H,24,25,26). The molecule has 1 aromatic heterocycles. The summed E-state index contributed by atoms with van der Waals surface area (Å²) < 4.78 is 0. The van der Waals surface area contributed by atoms with E-state index in [2.05, 4.69) is 15.6 Å². The van der Waals surface area contributed by atoms with Gasteiger partial charge in [0.15, 0.2) is 5.13 Å². The number of hydrogen-bond acceptors (Lipinski definition) is 4. The predicted molar refractivity (Wildman–Crippen MR) is 115 cm³/mol. The number of anilines is 1. The minimum absolute atomic E-state index is 0.104. The van der Waals surface area contributed by atoms with Crippen LogP contribution in [0.5, 0.6) is 0 Å². The monoisotopic (exact) mass is 453 g/mol. The molecule has 2 N–H and O–H groups in total. The van der Waals surface area contributed by atoms with E-state index >= 15 is 0 Å². The van der Waals surface area contributed by atoms with Crippen LogP contribution in [0.1, 0.15) is 16.8 Å². The lowest BCUT2D eigenvalue weighted by atomic mass is 10.2. The van der Waals surface area contributed by atoms with E-state index in [1.807, 2.05) is 0 Å². The van der Waals surface area contributed by atoms with E-state index in [9.17, 15) is 9.59 Å². The van der Waals surface area contributed by atoms with E-state index in [0.717, 1.165) is 5.56 Å². The van der Waals surface area contributed by atoms with E-state index in [-0.39, 0.29) is 24.8 Å². The first-order valence-electron chi connectivity index (χ1n) is 8.17. The molecule has 3 aromatic rings. The zero-order valence-corrected chi connectivity index (χ0v) is 17.4. The van der Waals surface area contributed by atoms with Crippen molar-refractivity contribution in [2.75, 3.05) is 11.9 Å². The number of hydrogen-bond donors (Lipinski definition) is 2. The van der Waals surface area contributed by atoms with Crippen molar-refractivity contribution in [2.45, 2.75) is 6.42 Å². The number of amides is 2. The quantitative estimate of drug-likeness (QED) is 0.514. The highest BCUT2D eigenvalue weighted by molar-refractivity contribution is 7.14. The number of aromatic nitrogens is 1. The van der Waals surface area contributed by atoms with Crippen LogP contribution in [0.25, 0.3) is 11.3 Å². The van der Waals surface area contributed by atoms with Gasteiger partial charge in [0.25, 0.3) is 5.91 Å². The van der Waals surface area contributed by atoms with Crippen LogP contribution < -0.4 is 10.6 Å². The minimum atomic E-state index is -0.327. The maximum Gasteiger partial charge on any atom is 0.252 e. The number of nitrogens with zero attached hydrogens (tertiary/aromatic N) is 1. The van der Waals surface area contributed by atoms with Gasteiger partial charge in [0.05, 0.1) is 21.3 Å². The molecule has 0 aliphatic heterocycles. The fourth-order valence-electron chi connectivity index (χ4n) is 2.36. The molecule has 9 heteroatoms. The van der Waals surface area contributed by atoms with Crippen molar-refractivity contribution in [1.29, 1.82) is 0 Å². The minimum Gasteiger partial charge on any atom is -0.351 e. The van der Waals surface area contributed by atoms with Crippen LogP contribution >= 0.6 is 46.1 Å². The Morgan fingerprint density at radius 1 is 1.04 bits per heavy atom. The first-order chi connectivity index (χ1) is 13.4. The lowest BCUT2D eigenvalue weighted by Gasteiger charge is -2.06.